The topological polar surface area (TPSA) is 56.5 Å². The van der Waals surface area contributed by atoms with E-state index in [-0.39, 0.29) is 18.3 Å². The normalized spacial score (nSPS) is 20.6. The first-order chi connectivity index (χ1) is 11.6. The van der Waals surface area contributed by atoms with Crippen LogP contribution in [0.15, 0.2) is 53.2 Å². The van der Waals surface area contributed by atoms with E-state index in [1.165, 1.54) is 6.08 Å². The van der Waals surface area contributed by atoms with Gasteiger partial charge in [0, 0.05) is 10.9 Å². The quantitative estimate of drug-likeness (QED) is 0.614. The Morgan fingerprint density at radius 1 is 1.29 bits per heavy atom. The number of hydrogen-bond donors (Lipinski definition) is 0. The molecule has 1 aliphatic rings. The van der Waals surface area contributed by atoms with E-state index in [1.54, 1.807) is 31.4 Å². The van der Waals surface area contributed by atoms with Crippen molar-refractivity contribution in [3.8, 4) is 0 Å². The summed E-state index contributed by atoms with van der Waals surface area (Å²) in [7, 11) is 0. The van der Waals surface area contributed by atoms with Crippen LogP contribution >= 0.6 is 11.6 Å². The first-order valence-electron chi connectivity index (χ1n) is 7.81. The van der Waals surface area contributed by atoms with E-state index in [4.69, 9.17) is 20.8 Å². The number of hydrogen-bond acceptors (Lipinski definition) is 4. The summed E-state index contributed by atoms with van der Waals surface area (Å²) in [5, 5.41) is 0.533. The third kappa shape index (κ3) is 3.15. The van der Waals surface area contributed by atoms with Crippen LogP contribution in [0.1, 0.15) is 30.6 Å². The molecule has 0 spiro atoms. The molecule has 3 rings (SSSR count). The second kappa shape index (κ2) is 7.05. The van der Waals surface area contributed by atoms with Gasteiger partial charge in [0.25, 0.3) is 0 Å². The molecule has 4 nitrogen and oxygen atoms in total. The highest BCUT2D eigenvalue weighted by molar-refractivity contribution is 6.31. The van der Waals surface area contributed by atoms with Gasteiger partial charge in [-0.1, -0.05) is 29.8 Å². The van der Waals surface area contributed by atoms with E-state index in [9.17, 15) is 9.59 Å². The summed E-state index contributed by atoms with van der Waals surface area (Å²) in [6.45, 7) is 1.95. The Labute approximate surface area is 145 Å². The van der Waals surface area contributed by atoms with Crippen molar-refractivity contribution in [2.75, 3.05) is 6.61 Å². The SMILES string of the molecule is CCOC(=O)[C@@H]1C(=O)C=C(c2ccco2)C[C@@H]1c1ccccc1Cl. The van der Waals surface area contributed by atoms with Crippen molar-refractivity contribution in [2.24, 2.45) is 5.92 Å². The Balaban J connectivity index is 2.04. The lowest BCUT2D eigenvalue weighted by Crippen LogP contribution is -2.34. The molecule has 1 heterocycles. The zero-order chi connectivity index (χ0) is 17.1. The van der Waals surface area contributed by atoms with Crippen LogP contribution in [-0.2, 0) is 14.3 Å². The summed E-state index contributed by atoms with van der Waals surface area (Å²) in [4.78, 5) is 25.0. The van der Waals surface area contributed by atoms with Crippen molar-refractivity contribution in [1.82, 2.24) is 0 Å². The summed E-state index contributed by atoms with van der Waals surface area (Å²) < 4.78 is 10.5. The van der Waals surface area contributed by atoms with Gasteiger partial charge in [0.05, 0.1) is 12.9 Å². The van der Waals surface area contributed by atoms with Crippen LogP contribution in [0.25, 0.3) is 5.57 Å². The number of esters is 1. The molecule has 124 valence electrons. The lowest BCUT2D eigenvalue weighted by molar-refractivity contribution is -0.151. The highest BCUT2D eigenvalue weighted by atomic mass is 35.5. The molecule has 0 amide bonds. The maximum Gasteiger partial charge on any atom is 0.317 e. The van der Waals surface area contributed by atoms with Crippen molar-refractivity contribution < 1.29 is 18.7 Å². The second-order valence-corrected chi connectivity index (χ2v) is 6.02. The number of carbonyl (C=O) groups is 2. The molecule has 0 radical (unpaired) electrons. The Hall–Kier alpha value is -2.33. The first kappa shape index (κ1) is 16.5. The Kier molecular flexibility index (Phi) is 4.86. The first-order valence-corrected chi connectivity index (χ1v) is 8.19. The molecule has 1 aliphatic carbocycles. The molecule has 0 saturated heterocycles. The maximum atomic E-state index is 12.6. The van der Waals surface area contributed by atoms with Gasteiger partial charge in [0.15, 0.2) is 5.78 Å². The van der Waals surface area contributed by atoms with Crippen molar-refractivity contribution in [1.29, 1.82) is 0 Å². The van der Waals surface area contributed by atoms with Gasteiger partial charge >= 0.3 is 5.97 Å². The second-order valence-electron chi connectivity index (χ2n) is 5.61. The molecule has 0 fully saturated rings. The highest BCUT2D eigenvalue weighted by Gasteiger charge is 2.40. The fraction of sp³-hybridized carbons (Fsp3) is 0.263. The van der Waals surface area contributed by atoms with Crippen LogP contribution in [0.4, 0.5) is 0 Å². The highest BCUT2D eigenvalue weighted by Crippen LogP contribution is 2.42. The standard InChI is InChI=1S/C19H17ClO4/c1-2-23-19(22)18-14(13-6-3-4-7-15(13)20)10-12(11-16(18)21)17-8-5-9-24-17/h3-9,11,14,18H,2,10H2,1H3/t14-,18+/m1/s1. The number of ketones is 1. The van der Waals surface area contributed by atoms with Gasteiger partial charge in [-0.25, -0.2) is 0 Å². The van der Waals surface area contributed by atoms with Crippen LogP contribution in [0.5, 0.6) is 0 Å². The van der Waals surface area contributed by atoms with Gasteiger partial charge in [-0.2, -0.15) is 0 Å². The van der Waals surface area contributed by atoms with Gasteiger partial charge in [0.2, 0.25) is 0 Å². The number of carbonyl (C=O) groups excluding carboxylic acids is 2. The van der Waals surface area contributed by atoms with Crippen LogP contribution in [0.3, 0.4) is 0 Å². The van der Waals surface area contributed by atoms with Gasteiger partial charge in [-0.15, -0.1) is 0 Å². The van der Waals surface area contributed by atoms with Crippen molar-refractivity contribution >= 4 is 28.9 Å². The number of rotatable bonds is 4. The van der Waals surface area contributed by atoms with Crippen molar-refractivity contribution in [3.05, 3.63) is 65.1 Å². The minimum absolute atomic E-state index is 0.229. The van der Waals surface area contributed by atoms with Gasteiger partial charge in [-0.3, -0.25) is 9.59 Å². The zero-order valence-corrected chi connectivity index (χ0v) is 14.0. The molecule has 0 bridgehead atoms. The fourth-order valence-electron chi connectivity index (χ4n) is 3.08. The summed E-state index contributed by atoms with van der Waals surface area (Å²) in [6.07, 6.45) is 3.52. The summed E-state index contributed by atoms with van der Waals surface area (Å²) in [5.41, 5.74) is 1.53. The lowest BCUT2D eigenvalue weighted by atomic mass is 9.74. The molecule has 5 heteroatoms. The number of furan rings is 1. The van der Waals surface area contributed by atoms with Crippen LogP contribution in [0, 0.1) is 5.92 Å². The fourth-order valence-corrected chi connectivity index (χ4v) is 3.36. The summed E-state index contributed by atoms with van der Waals surface area (Å²) in [6, 6.07) is 10.8. The van der Waals surface area contributed by atoms with E-state index >= 15 is 0 Å². The average Bonchev–Trinajstić information content (AvgIpc) is 3.09. The lowest BCUT2D eigenvalue weighted by Gasteiger charge is -2.29. The molecule has 0 saturated carbocycles. The average molecular weight is 345 g/mol. The molecule has 0 unspecified atom stereocenters. The summed E-state index contributed by atoms with van der Waals surface area (Å²) in [5.74, 6) is -1.43. The van der Waals surface area contributed by atoms with Crippen LogP contribution in [-0.4, -0.2) is 18.4 Å². The minimum Gasteiger partial charge on any atom is -0.465 e. The molecule has 24 heavy (non-hydrogen) atoms. The number of ether oxygens (including phenoxy) is 1. The third-order valence-corrected chi connectivity index (χ3v) is 4.49. The number of benzene rings is 1. The van der Waals surface area contributed by atoms with E-state index < -0.39 is 11.9 Å². The molecule has 1 aromatic heterocycles. The van der Waals surface area contributed by atoms with Gasteiger partial charge in [0.1, 0.15) is 11.7 Å². The van der Waals surface area contributed by atoms with E-state index in [1.807, 2.05) is 18.2 Å². The molecular formula is C19H17ClO4. The van der Waals surface area contributed by atoms with E-state index in [0.29, 0.717) is 17.2 Å². The molecule has 2 atom stereocenters. The number of allylic oxidation sites excluding steroid dienone is 2. The molecule has 0 N–H and O–H groups in total. The smallest absolute Gasteiger partial charge is 0.317 e. The largest absolute Gasteiger partial charge is 0.465 e. The van der Waals surface area contributed by atoms with E-state index in [2.05, 4.69) is 0 Å². The third-order valence-electron chi connectivity index (χ3n) is 4.15. The predicted molar refractivity (Wildman–Crippen MR) is 90.6 cm³/mol. The zero-order valence-electron chi connectivity index (χ0n) is 13.2. The Morgan fingerprint density at radius 2 is 2.08 bits per heavy atom. The maximum absolute atomic E-state index is 12.6. The summed E-state index contributed by atoms with van der Waals surface area (Å²) >= 11 is 6.32. The molecular weight excluding hydrogens is 328 g/mol. The monoisotopic (exact) mass is 344 g/mol. The molecule has 1 aromatic carbocycles. The molecule has 2 aromatic rings. The number of halogens is 1. The van der Waals surface area contributed by atoms with Gasteiger partial charge < -0.3 is 9.15 Å². The minimum atomic E-state index is -0.886. The molecule has 0 aliphatic heterocycles. The van der Waals surface area contributed by atoms with Crippen molar-refractivity contribution in [3.63, 3.8) is 0 Å². The van der Waals surface area contributed by atoms with Gasteiger partial charge in [-0.05, 0) is 48.8 Å². The predicted octanol–water partition coefficient (Wildman–Crippen LogP) is 4.25. The Bertz CT molecular complexity index is 776. The van der Waals surface area contributed by atoms with Crippen molar-refractivity contribution in [2.45, 2.75) is 19.3 Å². The Morgan fingerprint density at radius 3 is 2.75 bits per heavy atom. The van der Waals surface area contributed by atoms with E-state index in [0.717, 1.165) is 11.1 Å². The van der Waals surface area contributed by atoms with Crippen LogP contribution < -0.4 is 0 Å². The van der Waals surface area contributed by atoms with Crippen LogP contribution in [0.2, 0.25) is 5.02 Å².